The normalized spacial score (nSPS) is 11.0. The Balaban J connectivity index is 0.000000215. The van der Waals surface area contributed by atoms with Gasteiger partial charge in [0.2, 0.25) is 0 Å². The summed E-state index contributed by atoms with van der Waals surface area (Å²) in [5.74, 6) is 1.05. The summed E-state index contributed by atoms with van der Waals surface area (Å²) in [6.07, 6.45) is -3.02. The molecule has 7 rings (SSSR count). The highest BCUT2D eigenvalue weighted by atomic mass is 19.4. The minimum Gasteiger partial charge on any atom is -0.507 e. The zero-order valence-electron chi connectivity index (χ0n) is 32.4. The van der Waals surface area contributed by atoms with E-state index in [1.165, 1.54) is 12.1 Å². The van der Waals surface area contributed by atoms with E-state index in [0.717, 1.165) is 23.8 Å². The van der Waals surface area contributed by atoms with Crippen LogP contribution in [0.4, 0.5) is 58.7 Å². The topological polar surface area (TPSA) is 156 Å². The molecular formula is C45H34F6N6O6. The molecule has 322 valence electrons. The molecule has 0 unspecified atom stereocenters. The predicted molar refractivity (Wildman–Crippen MR) is 222 cm³/mol. The summed E-state index contributed by atoms with van der Waals surface area (Å²) in [5, 5.41) is 19.1. The fourth-order valence-electron chi connectivity index (χ4n) is 5.42. The maximum absolute atomic E-state index is 13.6. The Morgan fingerprint density at radius 2 is 0.889 bits per heavy atom. The highest BCUT2D eigenvalue weighted by molar-refractivity contribution is 6.00. The molecule has 0 aliphatic heterocycles. The summed E-state index contributed by atoms with van der Waals surface area (Å²) in [6, 6.07) is 33.2. The van der Waals surface area contributed by atoms with Crippen molar-refractivity contribution in [1.82, 2.24) is 9.97 Å². The number of alkyl halides is 6. The number of benzene rings is 5. The largest absolute Gasteiger partial charge is 0.507 e. The van der Waals surface area contributed by atoms with E-state index in [-0.39, 0.29) is 23.7 Å². The molecule has 0 bridgehead atoms. The molecule has 2 aromatic heterocycles. The Labute approximate surface area is 355 Å². The smallest absolute Gasteiger partial charge is 0.420 e. The quantitative estimate of drug-likeness (QED) is 0.0635. The molecule has 0 radical (unpaired) electrons. The number of nitrogens with one attached hydrogen (secondary N) is 4. The Hall–Kier alpha value is -8.28. The third-order valence-electron chi connectivity index (χ3n) is 8.34. The lowest BCUT2D eigenvalue weighted by Gasteiger charge is -2.16. The molecule has 5 N–H and O–H groups in total. The molecule has 12 nitrogen and oxygen atoms in total. The zero-order valence-corrected chi connectivity index (χ0v) is 32.4. The number of carbonyl (C=O) groups excluding carboxylic acids is 2. The van der Waals surface area contributed by atoms with Crippen LogP contribution in [0.25, 0.3) is 0 Å². The maximum atomic E-state index is 13.6. The molecule has 63 heavy (non-hydrogen) atoms. The van der Waals surface area contributed by atoms with Gasteiger partial charge in [-0.05, 0) is 115 Å². The van der Waals surface area contributed by atoms with E-state index in [9.17, 15) is 41.0 Å². The number of hydrogen-bond donors (Lipinski definition) is 5. The molecule has 0 aliphatic carbocycles. The number of aromatic hydroxyl groups is 1. The van der Waals surface area contributed by atoms with Crippen LogP contribution in [-0.4, -0.2) is 27.1 Å². The van der Waals surface area contributed by atoms with Crippen LogP contribution in [0.2, 0.25) is 0 Å². The number of amides is 4. The second-order valence-electron chi connectivity index (χ2n) is 13.0. The molecule has 4 amide bonds. The molecule has 0 spiro atoms. The number of pyridine rings is 2. The van der Waals surface area contributed by atoms with Crippen molar-refractivity contribution in [3.05, 3.63) is 181 Å². The predicted octanol–water partition coefficient (Wildman–Crippen LogP) is 12.4. The fraction of sp³-hybridized carbons (Fsp3) is 0.0667. The first kappa shape index (κ1) is 44.3. The van der Waals surface area contributed by atoms with Gasteiger partial charge in [0.25, 0.3) is 0 Å². The summed E-state index contributed by atoms with van der Waals surface area (Å²) in [5.41, 5.74) is -0.774. The molecule has 5 aromatic carbocycles. The standard InChI is InChI=1S/C26H20F3N3O3.C19H14F3N3O3/c27-26(28,29)23-16-20(8-11-24(23)34-17-18-4-2-1-3-5-18)32-25(33)31-19-6-9-21(10-7-19)35-22-12-14-30-15-13-22;20-19(21,22)16-11-13(3-6-17(16)26)25-18(27)24-12-1-4-14(5-2-12)28-15-7-9-23-10-8-15/h1-16H,17H2,(H2,31,32,33);1-11,26H,(H2,24,25,27). The summed E-state index contributed by atoms with van der Waals surface area (Å²) >= 11 is 0. The number of anilines is 4. The van der Waals surface area contributed by atoms with Gasteiger partial charge in [0.1, 0.15) is 41.1 Å². The molecular weight excluding hydrogens is 835 g/mol. The Morgan fingerprint density at radius 1 is 0.492 bits per heavy atom. The molecule has 0 fully saturated rings. The second kappa shape index (κ2) is 20.3. The first-order chi connectivity index (χ1) is 30.2. The number of urea groups is 2. The van der Waals surface area contributed by atoms with Crippen molar-refractivity contribution in [2.75, 3.05) is 21.3 Å². The van der Waals surface area contributed by atoms with E-state index >= 15 is 0 Å². The summed E-state index contributed by atoms with van der Waals surface area (Å²) in [4.78, 5) is 32.1. The van der Waals surface area contributed by atoms with Crippen molar-refractivity contribution < 1.29 is 55.2 Å². The first-order valence-electron chi connectivity index (χ1n) is 18.5. The van der Waals surface area contributed by atoms with Crippen LogP contribution < -0.4 is 35.5 Å². The number of carbonyl (C=O) groups is 2. The number of rotatable bonds is 11. The van der Waals surface area contributed by atoms with Crippen LogP contribution in [-0.2, 0) is 19.0 Å². The van der Waals surface area contributed by atoms with Gasteiger partial charge in [-0.1, -0.05) is 30.3 Å². The fourth-order valence-corrected chi connectivity index (χ4v) is 5.42. The average Bonchev–Trinajstić information content (AvgIpc) is 3.26. The highest BCUT2D eigenvalue weighted by Crippen LogP contribution is 2.39. The van der Waals surface area contributed by atoms with Crippen LogP contribution >= 0.6 is 0 Å². The molecule has 0 saturated carbocycles. The van der Waals surface area contributed by atoms with E-state index < -0.39 is 41.3 Å². The molecule has 7 aromatic rings. The number of phenols is 1. The number of phenolic OH excluding ortho intramolecular Hbond substituents is 1. The van der Waals surface area contributed by atoms with Crippen LogP contribution in [0.3, 0.4) is 0 Å². The van der Waals surface area contributed by atoms with Gasteiger partial charge < -0.3 is 40.6 Å². The molecule has 0 aliphatic rings. The first-order valence-corrected chi connectivity index (χ1v) is 18.5. The highest BCUT2D eigenvalue weighted by Gasteiger charge is 2.35. The minimum atomic E-state index is -4.73. The van der Waals surface area contributed by atoms with Gasteiger partial charge in [-0.3, -0.25) is 9.97 Å². The average molecular weight is 869 g/mol. The number of nitrogens with zero attached hydrogens (tertiary/aromatic N) is 2. The summed E-state index contributed by atoms with van der Waals surface area (Å²) in [7, 11) is 0. The molecule has 2 heterocycles. The maximum Gasteiger partial charge on any atom is 0.420 e. The van der Waals surface area contributed by atoms with Gasteiger partial charge in [0.05, 0.1) is 11.1 Å². The third-order valence-corrected chi connectivity index (χ3v) is 8.34. The van der Waals surface area contributed by atoms with E-state index in [1.807, 2.05) is 0 Å². The van der Waals surface area contributed by atoms with Gasteiger partial charge in [-0.2, -0.15) is 26.3 Å². The van der Waals surface area contributed by atoms with E-state index in [1.54, 1.807) is 128 Å². The Morgan fingerprint density at radius 3 is 1.35 bits per heavy atom. The van der Waals surface area contributed by atoms with E-state index in [4.69, 9.17) is 14.2 Å². The van der Waals surface area contributed by atoms with E-state index in [2.05, 4.69) is 31.2 Å². The lowest BCUT2D eigenvalue weighted by Crippen LogP contribution is -2.20. The minimum absolute atomic E-state index is 0.0158. The van der Waals surface area contributed by atoms with Gasteiger partial charge in [-0.25, -0.2) is 9.59 Å². The van der Waals surface area contributed by atoms with Crippen molar-refractivity contribution >= 4 is 34.8 Å². The van der Waals surface area contributed by atoms with E-state index in [0.29, 0.717) is 40.4 Å². The van der Waals surface area contributed by atoms with Gasteiger partial charge >= 0.3 is 24.4 Å². The lowest BCUT2D eigenvalue weighted by atomic mass is 10.1. The Bertz CT molecular complexity index is 2590. The van der Waals surface area contributed by atoms with Crippen LogP contribution in [0, 0.1) is 0 Å². The van der Waals surface area contributed by atoms with Crippen LogP contribution in [0.15, 0.2) is 164 Å². The van der Waals surface area contributed by atoms with Gasteiger partial charge in [-0.15, -0.1) is 0 Å². The molecule has 0 atom stereocenters. The number of halogens is 6. The second-order valence-corrected chi connectivity index (χ2v) is 13.0. The molecule has 18 heteroatoms. The molecule has 0 saturated heterocycles. The van der Waals surface area contributed by atoms with Crippen LogP contribution in [0.5, 0.6) is 34.5 Å². The monoisotopic (exact) mass is 868 g/mol. The zero-order chi connectivity index (χ0) is 44.8. The van der Waals surface area contributed by atoms with Gasteiger partial charge in [0, 0.05) is 47.5 Å². The van der Waals surface area contributed by atoms with Crippen molar-refractivity contribution in [3.63, 3.8) is 0 Å². The van der Waals surface area contributed by atoms with Crippen LogP contribution in [0.1, 0.15) is 16.7 Å². The third kappa shape index (κ3) is 13.6. The Kier molecular flexibility index (Phi) is 14.3. The SMILES string of the molecule is O=C(Nc1ccc(Oc2ccncc2)cc1)Nc1ccc(O)c(C(F)(F)F)c1.O=C(Nc1ccc(Oc2ccncc2)cc1)Nc1ccc(OCc2ccccc2)c(C(F)(F)F)c1. The van der Waals surface area contributed by atoms with Crippen molar-refractivity contribution in [1.29, 1.82) is 0 Å². The van der Waals surface area contributed by atoms with Crippen molar-refractivity contribution in [2.24, 2.45) is 0 Å². The van der Waals surface area contributed by atoms with Crippen molar-refractivity contribution in [2.45, 2.75) is 19.0 Å². The lowest BCUT2D eigenvalue weighted by molar-refractivity contribution is -0.139. The summed E-state index contributed by atoms with van der Waals surface area (Å²) < 4.78 is 95.9. The van der Waals surface area contributed by atoms with Gasteiger partial charge in [0.15, 0.2) is 0 Å². The summed E-state index contributed by atoms with van der Waals surface area (Å²) in [6.45, 7) is -0.0158. The number of aromatic nitrogens is 2. The van der Waals surface area contributed by atoms with Crippen molar-refractivity contribution in [3.8, 4) is 34.5 Å². The number of hydrogen-bond acceptors (Lipinski definition) is 8. The number of ether oxygens (including phenoxy) is 3.